The lowest BCUT2D eigenvalue weighted by atomic mass is 10.0. The number of fused-ring (bicyclic) bond motifs is 2. The zero-order chi connectivity index (χ0) is 19.3. The van der Waals surface area contributed by atoms with Crippen LogP contribution in [-0.4, -0.2) is 24.0 Å². The molecule has 0 saturated carbocycles. The Kier molecular flexibility index (Phi) is 3.61. The van der Waals surface area contributed by atoms with Gasteiger partial charge in [-0.15, -0.1) is 0 Å². The Morgan fingerprint density at radius 3 is 2.54 bits per heavy atom. The molecule has 0 bridgehead atoms. The molecule has 0 aliphatic heterocycles. The fourth-order valence-corrected chi connectivity index (χ4v) is 3.38. The Balaban J connectivity index is 1.54. The third-order valence-corrected chi connectivity index (χ3v) is 4.82. The van der Waals surface area contributed by atoms with Gasteiger partial charge in [0.15, 0.2) is 0 Å². The van der Waals surface area contributed by atoms with Crippen molar-refractivity contribution in [3.8, 4) is 17.0 Å². The van der Waals surface area contributed by atoms with E-state index in [-0.39, 0.29) is 18.0 Å². The summed E-state index contributed by atoms with van der Waals surface area (Å²) < 4.78 is 32.7. The second-order valence-electron chi connectivity index (χ2n) is 6.55. The normalized spacial score (nSPS) is 11.5. The summed E-state index contributed by atoms with van der Waals surface area (Å²) in [6, 6.07) is 9.56. The van der Waals surface area contributed by atoms with Crippen molar-refractivity contribution in [2.75, 3.05) is 0 Å². The maximum absolute atomic E-state index is 14.8. The third-order valence-electron chi connectivity index (χ3n) is 4.82. The molecule has 0 atom stereocenters. The topological polar surface area (TPSA) is 55.4 Å². The molecule has 28 heavy (non-hydrogen) atoms. The van der Waals surface area contributed by atoms with Crippen LogP contribution in [0.5, 0.6) is 5.88 Å². The molecular weight excluding hydrogens is 362 g/mol. The van der Waals surface area contributed by atoms with Crippen LogP contribution in [0, 0.1) is 11.6 Å². The summed E-state index contributed by atoms with van der Waals surface area (Å²) >= 11 is 0. The van der Waals surface area contributed by atoms with Gasteiger partial charge < -0.3 is 14.1 Å². The quantitative estimate of drug-likeness (QED) is 0.508. The highest BCUT2D eigenvalue weighted by Gasteiger charge is 2.16. The fourth-order valence-electron chi connectivity index (χ4n) is 3.38. The summed E-state index contributed by atoms with van der Waals surface area (Å²) in [7, 11) is 0. The molecule has 4 aromatic heterocycles. The average Bonchev–Trinajstić information content (AvgIpc) is 3.29. The summed E-state index contributed by atoms with van der Waals surface area (Å²) in [5.74, 6) is -1.42. The van der Waals surface area contributed by atoms with Crippen molar-refractivity contribution in [3.05, 3.63) is 84.6 Å². The molecule has 138 valence electrons. The molecular formula is C21H14F2N4O. The number of imidazole rings is 1. The molecule has 5 rings (SSSR count). The molecule has 0 spiro atoms. The molecule has 0 unspecified atom stereocenters. The molecule has 5 aromatic rings. The van der Waals surface area contributed by atoms with Gasteiger partial charge in [-0.3, -0.25) is 4.98 Å². The second-order valence-corrected chi connectivity index (χ2v) is 6.55. The lowest BCUT2D eigenvalue weighted by Gasteiger charge is -2.10. The van der Waals surface area contributed by atoms with Crippen LogP contribution in [0.1, 0.15) is 5.56 Å². The van der Waals surface area contributed by atoms with Gasteiger partial charge in [-0.1, -0.05) is 0 Å². The molecule has 7 heteroatoms. The predicted molar refractivity (Wildman–Crippen MR) is 101 cm³/mol. The van der Waals surface area contributed by atoms with Crippen LogP contribution in [0.4, 0.5) is 8.78 Å². The number of benzene rings is 1. The Labute approximate surface area is 158 Å². The highest BCUT2D eigenvalue weighted by atomic mass is 19.1. The molecule has 0 aliphatic carbocycles. The number of pyridine rings is 2. The van der Waals surface area contributed by atoms with E-state index in [1.54, 1.807) is 59.7 Å². The van der Waals surface area contributed by atoms with Crippen LogP contribution < -0.4 is 0 Å². The second kappa shape index (κ2) is 6.16. The Morgan fingerprint density at radius 2 is 1.75 bits per heavy atom. The van der Waals surface area contributed by atoms with Crippen molar-refractivity contribution in [1.29, 1.82) is 0 Å². The Morgan fingerprint density at radius 1 is 0.929 bits per heavy atom. The van der Waals surface area contributed by atoms with Gasteiger partial charge in [0, 0.05) is 36.5 Å². The molecule has 0 radical (unpaired) electrons. The van der Waals surface area contributed by atoms with E-state index in [9.17, 15) is 13.9 Å². The number of aromatic hydroxyl groups is 1. The maximum atomic E-state index is 14.8. The number of halogens is 2. The van der Waals surface area contributed by atoms with E-state index in [4.69, 9.17) is 0 Å². The van der Waals surface area contributed by atoms with E-state index in [1.165, 1.54) is 16.7 Å². The molecule has 5 nitrogen and oxygen atoms in total. The van der Waals surface area contributed by atoms with Gasteiger partial charge in [-0.05, 0) is 47.5 Å². The van der Waals surface area contributed by atoms with E-state index in [0.29, 0.717) is 22.0 Å². The average molecular weight is 376 g/mol. The first kappa shape index (κ1) is 16.4. The summed E-state index contributed by atoms with van der Waals surface area (Å²) in [5, 5.41) is 10.9. The molecule has 0 fully saturated rings. The van der Waals surface area contributed by atoms with E-state index < -0.39 is 11.6 Å². The van der Waals surface area contributed by atoms with Crippen LogP contribution in [0.25, 0.3) is 27.7 Å². The van der Waals surface area contributed by atoms with Gasteiger partial charge in [0.05, 0.1) is 17.4 Å². The SMILES string of the molecule is Oc1c2cccnc2cn1Cc1c(F)cc(-c2ccc3nccn3c2)cc1F. The number of hydrogen-bond acceptors (Lipinski definition) is 3. The van der Waals surface area contributed by atoms with Crippen LogP contribution in [0.2, 0.25) is 0 Å². The summed E-state index contributed by atoms with van der Waals surface area (Å²) in [4.78, 5) is 8.31. The van der Waals surface area contributed by atoms with Crippen molar-refractivity contribution in [2.24, 2.45) is 0 Å². The largest absolute Gasteiger partial charge is 0.494 e. The van der Waals surface area contributed by atoms with Crippen LogP contribution in [0.3, 0.4) is 0 Å². The van der Waals surface area contributed by atoms with Crippen molar-refractivity contribution < 1.29 is 13.9 Å². The van der Waals surface area contributed by atoms with E-state index in [1.807, 2.05) is 0 Å². The highest BCUT2D eigenvalue weighted by molar-refractivity contribution is 5.84. The standard InChI is InChI=1S/C21H14F2N4O/c22-17-8-14(13-3-4-20-25-6-7-26(20)10-13)9-18(23)16(17)11-27-12-19-15(21(27)28)2-1-5-24-19/h1-10,12,28H,11H2. The molecule has 0 aliphatic rings. The lowest BCUT2D eigenvalue weighted by molar-refractivity contribution is 0.425. The molecule has 1 N–H and O–H groups in total. The van der Waals surface area contributed by atoms with E-state index >= 15 is 0 Å². The summed E-state index contributed by atoms with van der Waals surface area (Å²) in [5.41, 5.74) is 2.30. The third kappa shape index (κ3) is 2.60. The highest BCUT2D eigenvalue weighted by Crippen LogP contribution is 2.29. The van der Waals surface area contributed by atoms with Crippen LogP contribution in [-0.2, 0) is 6.54 Å². The van der Waals surface area contributed by atoms with Gasteiger partial charge in [0.2, 0.25) is 5.88 Å². The van der Waals surface area contributed by atoms with Crippen LogP contribution >= 0.6 is 0 Å². The minimum absolute atomic E-state index is 0.0727. The minimum atomic E-state index is -0.675. The van der Waals surface area contributed by atoms with Gasteiger partial charge >= 0.3 is 0 Å². The predicted octanol–water partition coefficient (Wildman–Crippen LogP) is 4.38. The minimum Gasteiger partial charge on any atom is -0.494 e. The molecule has 0 amide bonds. The fraction of sp³-hybridized carbons (Fsp3) is 0.0476. The van der Waals surface area contributed by atoms with E-state index in [2.05, 4.69) is 9.97 Å². The lowest BCUT2D eigenvalue weighted by Crippen LogP contribution is -2.04. The summed E-state index contributed by atoms with van der Waals surface area (Å²) in [6.07, 6.45) is 8.37. The Bertz CT molecular complexity index is 1320. The zero-order valence-corrected chi connectivity index (χ0v) is 14.5. The van der Waals surface area contributed by atoms with Gasteiger partial charge in [0.25, 0.3) is 0 Å². The first-order chi connectivity index (χ1) is 13.6. The number of nitrogens with zero attached hydrogens (tertiary/aromatic N) is 4. The summed E-state index contributed by atoms with van der Waals surface area (Å²) in [6.45, 7) is -0.138. The van der Waals surface area contributed by atoms with Crippen LogP contribution in [0.15, 0.2) is 67.4 Å². The molecule has 4 heterocycles. The number of rotatable bonds is 3. The number of hydrogen-bond donors (Lipinski definition) is 1. The van der Waals surface area contributed by atoms with Crippen molar-refractivity contribution in [1.82, 2.24) is 18.9 Å². The van der Waals surface area contributed by atoms with Gasteiger partial charge in [0.1, 0.15) is 17.3 Å². The smallest absolute Gasteiger partial charge is 0.201 e. The maximum Gasteiger partial charge on any atom is 0.201 e. The zero-order valence-electron chi connectivity index (χ0n) is 14.5. The van der Waals surface area contributed by atoms with Crippen molar-refractivity contribution >= 4 is 16.6 Å². The first-order valence-electron chi connectivity index (χ1n) is 8.64. The van der Waals surface area contributed by atoms with Gasteiger partial charge in [-0.25, -0.2) is 13.8 Å². The molecule has 0 saturated heterocycles. The van der Waals surface area contributed by atoms with E-state index in [0.717, 1.165) is 5.65 Å². The molecule has 1 aromatic carbocycles. The van der Waals surface area contributed by atoms with Gasteiger partial charge in [-0.2, -0.15) is 0 Å². The van der Waals surface area contributed by atoms with Crippen molar-refractivity contribution in [3.63, 3.8) is 0 Å². The monoisotopic (exact) mass is 376 g/mol. The van der Waals surface area contributed by atoms with Crippen molar-refractivity contribution in [2.45, 2.75) is 6.54 Å². The first-order valence-corrected chi connectivity index (χ1v) is 8.64. The Hall–Kier alpha value is -3.74. The number of aromatic nitrogens is 4.